The molecular weight excluding hydrogens is 233 g/mol. The van der Waals surface area contributed by atoms with Gasteiger partial charge in [0.15, 0.2) is 0 Å². The first kappa shape index (κ1) is 6.55. The van der Waals surface area contributed by atoms with Crippen molar-refractivity contribution in [2.24, 2.45) is 0 Å². The molecule has 8 heavy (non-hydrogen) atoms. The zero-order valence-corrected chi connectivity index (χ0v) is 7.16. The van der Waals surface area contributed by atoms with Crippen molar-refractivity contribution in [2.45, 2.75) is 0 Å². The van der Waals surface area contributed by atoms with Crippen molar-refractivity contribution in [3.05, 3.63) is 12.4 Å². The Balaban J connectivity index is 2.84. The highest BCUT2D eigenvalue weighted by atomic mass is 127. The van der Waals surface area contributed by atoms with Gasteiger partial charge in [0.25, 0.3) is 0 Å². The fourth-order valence-electron chi connectivity index (χ4n) is 0.383. The number of rotatable bonds is 1. The summed E-state index contributed by atoms with van der Waals surface area (Å²) in [5, 5.41) is 3.93. The van der Waals surface area contributed by atoms with E-state index in [-0.39, 0.29) is 0 Å². The summed E-state index contributed by atoms with van der Waals surface area (Å²) >= 11 is 2.24. The van der Waals surface area contributed by atoms with E-state index in [0.717, 1.165) is 5.46 Å². The Labute approximate surface area is 63.8 Å². The first-order valence-electron chi connectivity index (χ1n) is 2.00. The van der Waals surface area contributed by atoms with Crippen LogP contribution in [0.15, 0.2) is 12.4 Å². The molecule has 0 saturated heterocycles. The molecule has 1 rings (SSSR count). The number of halogens is 1. The van der Waals surface area contributed by atoms with Crippen LogP contribution in [-0.2, 0) is 0 Å². The van der Waals surface area contributed by atoms with Crippen LogP contribution in [0.5, 0.6) is 0 Å². The molecule has 2 nitrogen and oxygen atoms in total. The Kier molecular flexibility index (Phi) is 2.32. The maximum atomic E-state index is 5.37. The molecule has 40 valence electrons. The predicted molar refractivity (Wildman–Crippen MR) is 45.3 cm³/mol. The third-order valence-corrected chi connectivity index (χ3v) is 2.59. The number of aromatic nitrogens is 2. The fraction of sp³-hybridized carbons (Fsp3) is 0. The van der Waals surface area contributed by atoms with Gasteiger partial charge in [-0.15, -0.1) is 0 Å². The molecule has 0 fully saturated rings. The van der Waals surface area contributed by atoms with Gasteiger partial charge < -0.3 is 0 Å². The molecule has 0 aliphatic heterocycles. The van der Waals surface area contributed by atoms with Crippen LogP contribution in [-0.4, -0.2) is 17.4 Å². The molecular formula is C3H3BIN2P. The van der Waals surface area contributed by atoms with E-state index in [9.17, 15) is 0 Å². The summed E-state index contributed by atoms with van der Waals surface area (Å²) in [5.74, 6) is 0. The minimum atomic E-state index is 0.646. The van der Waals surface area contributed by atoms with Crippen molar-refractivity contribution in [3.63, 3.8) is 0 Å². The van der Waals surface area contributed by atoms with Gasteiger partial charge in [-0.2, -0.15) is 5.10 Å². The van der Waals surface area contributed by atoms with Gasteiger partial charge in [-0.25, -0.2) is 4.45 Å². The van der Waals surface area contributed by atoms with Crippen LogP contribution in [0.2, 0.25) is 0 Å². The van der Waals surface area contributed by atoms with E-state index in [0.29, 0.717) is 6.37 Å². The van der Waals surface area contributed by atoms with Crippen molar-refractivity contribution in [1.82, 2.24) is 9.55 Å². The first-order chi connectivity index (χ1) is 3.83. The van der Waals surface area contributed by atoms with Crippen molar-refractivity contribution in [2.75, 3.05) is 0 Å². The van der Waals surface area contributed by atoms with E-state index < -0.39 is 0 Å². The second-order valence-corrected chi connectivity index (χ2v) is 3.38. The van der Waals surface area contributed by atoms with Crippen molar-refractivity contribution >= 4 is 41.7 Å². The lowest BCUT2D eigenvalue weighted by molar-refractivity contribution is 1.01. The molecule has 1 atom stereocenters. The molecule has 5 heteroatoms. The van der Waals surface area contributed by atoms with E-state index in [1.54, 1.807) is 10.6 Å². The van der Waals surface area contributed by atoms with Crippen molar-refractivity contribution < 1.29 is 0 Å². The summed E-state index contributed by atoms with van der Waals surface area (Å²) in [6.07, 6.45) is 4.10. The average molecular weight is 236 g/mol. The molecule has 2 radical (unpaired) electrons. The van der Waals surface area contributed by atoms with Gasteiger partial charge in [0, 0.05) is 12.4 Å². The average Bonchev–Trinajstić information content (AvgIpc) is 2.14. The van der Waals surface area contributed by atoms with Gasteiger partial charge in [-0.05, 0) is 22.0 Å². The predicted octanol–water partition coefficient (Wildman–Crippen LogP) is 0.468. The molecule has 1 aromatic heterocycles. The third-order valence-electron chi connectivity index (χ3n) is 0.689. The topological polar surface area (TPSA) is 17.8 Å². The highest BCUT2D eigenvalue weighted by Crippen LogP contribution is 2.20. The SMILES string of the molecule is [B]c1cnn(PI)c1. The normalized spacial score (nSPS) is 11.1. The van der Waals surface area contributed by atoms with E-state index >= 15 is 0 Å². The zero-order valence-electron chi connectivity index (χ0n) is 4.00. The molecule has 0 N–H and O–H groups in total. The Morgan fingerprint density at radius 2 is 2.62 bits per heavy atom. The minimum absolute atomic E-state index is 0.646. The van der Waals surface area contributed by atoms with Crippen molar-refractivity contribution in [3.8, 4) is 0 Å². The zero-order chi connectivity index (χ0) is 5.98. The van der Waals surface area contributed by atoms with Crippen LogP contribution in [0.4, 0.5) is 0 Å². The monoisotopic (exact) mass is 236 g/mol. The highest BCUT2D eigenvalue weighted by Gasteiger charge is 1.86. The summed E-state index contributed by atoms with van der Waals surface area (Å²) < 4.78 is 1.80. The number of nitrogens with zero attached hydrogens (tertiary/aromatic N) is 2. The molecule has 0 spiro atoms. The smallest absolute Gasteiger partial charge is 0.118 e. The van der Waals surface area contributed by atoms with Crippen LogP contribution >= 0.6 is 28.4 Å². The Bertz CT molecular complexity index is 178. The third kappa shape index (κ3) is 1.45. The molecule has 1 unspecified atom stereocenters. The van der Waals surface area contributed by atoms with Crippen LogP contribution in [0.25, 0.3) is 0 Å². The highest BCUT2D eigenvalue weighted by molar-refractivity contribution is 14.2. The summed E-state index contributed by atoms with van der Waals surface area (Å²) in [4.78, 5) is 0. The lowest BCUT2D eigenvalue weighted by atomic mass is 10.0. The summed E-state index contributed by atoms with van der Waals surface area (Å²) in [6, 6.07) is 0. The minimum Gasteiger partial charge on any atom is -0.246 e. The van der Waals surface area contributed by atoms with Gasteiger partial charge >= 0.3 is 0 Å². The maximum absolute atomic E-state index is 5.37. The molecule has 1 aromatic rings. The van der Waals surface area contributed by atoms with Crippen LogP contribution in [0, 0.1) is 0 Å². The summed E-state index contributed by atoms with van der Waals surface area (Å²) in [5.41, 5.74) is 0.731. The molecule has 0 amide bonds. The van der Waals surface area contributed by atoms with Crippen LogP contribution in [0.3, 0.4) is 0 Å². The van der Waals surface area contributed by atoms with Crippen LogP contribution in [0.1, 0.15) is 0 Å². The lowest BCUT2D eigenvalue weighted by Gasteiger charge is -1.86. The Hall–Kier alpha value is 0.435. The van der Waals surface area contributed by atoms with Gasteiger partial charge in [-0.3, -0.25) is 0 Å². The van der Waals surface area contributed by atoms with E-state index in [4.69, 9.17) is 7.85 Å². The van der Waals surface area contributed by atoms with Gasteiger partial charge in [0.2, 0.25) is 0 Å². The second kappa shape index (κ2) is 2.83. The molecule has 0 aliphatic carbocycles. The van der Waals surface area contributed by atoms with Gasteiger partial charge in [0.1, 0.15) is 7.85 Å². The standard InChI is InChI=1S/C3H3BIN2P/c4-3-1-6-7(2-3)8-5/h1-2,8H. The molecule has 0 bridgehead atoms. The quantitative estimate of drug-likeness (QED) is 0.393. The summed E-state index contributed by atoms with van der Waals surface area (Å²) in [6.45, 7) is 0. The van der Waals surface area contributed by atoms with Gasteiger partial charge in [0.05, 0.1) is 6.37 Å². The lowest BCUT2D eigenvalue weighted by Crippen LogP contribution is -1.94. The van der Waals surface area contributed by atoms with Crippen molar-refractivity contribution in [1.29, 1.82) is 0 Å². The molecule has 0 saturated carbocycles. The van der Waals surface area contributed by atoms with E-state index in [1.165, 1.54) is 0 Å². The van der Waals surface area contributed by atoms with E-state index in [1.807, 2.05) is 6.20 Å². The first-order valence-corrected chi connectivity index (χ1v) is 6.06. The van der Waals surface area contributed by atoms with Crippen LogP contribution < -0.4 is 5.46 Å². The van der Waals surface area contributed by atoms with Gasteiger partial charge in [-0.1, -0.05) is 5.46 Å². The molecule has 0 aliphatic rings. The largest absolute Gasteiger partial charge is 0.246 e. The fourth-order valence-corrected chi connectivity index (χ4v) is 1.47. The van der Waals surface area contributed by atoms with E-state index in [2.05, 4.69) is 27.1 Å². The second-order valence-electron chi connectivity index (χ2n) is 1.30. The number of hydrogen-bond acceptors (Lipinski definition) is 1. The molecule has 1 heterocycles. The summed E-state index contributed by atoms with van der Waals surface area (Å²) in [7, 11) is 5.37. The Morgan fingerprint density at radius 3 is 2.88 bits per heavy atom. The molecule has 0 aromatic carbocycles. The maximum Gasteiger partial charge on any atom is 0.118 e. The Morgan fingerprint density at radius 1 is 1.88 bits per heavy atom. The number of hydrogen-bond donors (Lipinski definition) is 0.